The molecule has 2 fully saturated rings. The van der Waals surface area contributed by atoms with Gasteiger partial charge in [0.15, 0.2) is 10.8 Å². The highest BCUT2D eigenvalue weighted by Gasteiger charge is 2.41. The number of hydrogen-bond acceptors (Lipinski definition) is 8. The lowest BCUT2D eigenvalue weighted by Crippen LogP contribution is -2.32. The van der Waals surface area contributed by atoms with Crippen molar-refractivity contribution < 1.29 is 22.7 Å². The van der Waals surface area contributed by atoms with Crippen LogP contribution in [0.25, 0.3) is 15.9 Å². The zero-order valence-corrected chi connectivity index (χ0v) is 20.5. The second-order valence-electron chi connectivity index (χ2n) is 9.07. The molecule has 1 N–H and O–H groups in total. The van der Waals surface area contributed by atoms with Crippen molar-refractivity contribution in [2.75, 3.05) is 5.32 Å². The number of halogens is 3. The zero-order valence-electron chi connectivity index (χ0n) is 18.9. The summed E-state index contributed by atoms with van der Waals surface area (Å²) in [6.45, 7) is 0. The number of fused-ring (bicyclic) bond motifs is 2. The summed E-state index contributed by atoms with van der Waals surface area (Å²) in [7, 11) is 0. The lowest BCUT2D eigenvalue weighted by molar-refractivity contribution is -0.185. The number of ether oxygens (including phenoxy) is 1. The van der Waals surface area contributed by atoms with Crippen molar-refractivity contribution in [1.82, 2.24) is 24.8 Å². The molecule has 0 spiro atoms. The molecule has 0 saturated heterocycles. The summed E-state index contributed by atoms with van der Waals surface area (Å²) in [5, 5.41) is 16.9. The smallest absolute Gasteiger partial charge is 0.391 e. The van der Waals surface area contributed by atoms with Gasteiger partial charge in [0.05, 0.1) is 16.1 Å². The van der Waals surface area contributed by atoms with Crippen LogP contribution in [0.2, 0.25) is 0 Å². The standard InChI is InChI=1S/C23H21F3N6O2S2/c24-23(25,26)13-3-5-14(6-4-13)34-19-10-9-18-29-30-22(32(18)31-19)35-15-7-8-16-17(11-15)36-21(27-16)28-20(33)12-1-2-12/h7-14H,1-6H2,(H,27,28,33). The van der Waals surface area contributed by atoms with E-state index in [9.17, 15) is 18.0 Å². The summed E-state index contributed by atoms with van der Waals surface area (Å²) >= 11 is 2.79. The Morgan fingerprint density at radius 3 is 2.64 bits per heavy atom. The van der Waals surface area contributed by atoms with E-state index in [1.54, 1.807) is 16.6 Å². The number of thiazole rings is 1. The van der Waals surface area contributed by atoms with Gasteiger partial charge in [0.1, 0.15) is 6.10 Å². The molecule has 8 nitrogen and oxygen atoms in total. The summed E-state index contributed by atoms with van der Waals surface area (Å²) in [6, 6.07) is 9.17. The molecule has 2 saturated carbocycles. The van der Waals surface area contributed by atoms with Crippen molar-refractivity contribution in [3.8, 4) is 5.88 Å². The minimum atomic E-state index is -4.15. The molecule has 0 unspecified atom stereocenters. The molecule has 0 radical (unpaired) electrons. The summed E-state index contributed by atoms with van der Waals surface area (Å²) in [5.41, 5.74) is 1.34. The molecular formula is C23H21F3N6O2S2. The molecular weight excluding hydrogens is 513 g/mol. The Labute approximate surface area is 211 Å². The average molecular weight is 535 g/mol. The van der Waals surface area contributed by atoms with Crippen LogP contribution >= 0.6 is 23.1 Å². The van der Waals surface area contributed by atoms with Gasteiger partial charge in [-0.05, 0) is 74.6 Å². The number of anilines is 1. The number of alkyl halides is 3. The molecule has 4 aromatic rings. The number of carbonyl (C=O) groups is 1. The Balaban J connectivity index is 1.16. The molecule has 2 aliphatic carbocycles. The van der Waals surface area contributed by atoms with Gasteiger partial charge in [-0.3, -0.25) is 4.79 Å². The number of hydrogen-bond donors (Lipinski definition) is 1. The molecule has 1 aromatic carbocycles. The van der Waals surface area contributed by atoms with Gasteiger partial charge in [0, 0.05) is 16.9 Å². The van der Waals surface area contributed by atoms with Crippen LogP contribution in [-0.2, 0) is 4.79 Å². The maximum Gasteiger partial charge on any atom is 0.391 e. The first kappa shape index (κ1) is 23.5. The van der Waals surface area contributed by atoms with Gasteiger partial charge < -0.3 is 10.1 Å². The molecule has 1 amide bonds. The Bertz CT molecular complexity index is 1430. The fourth-order valence-corrected chi connectivity index (χ4v) is 6.05. The minimum Gasteiger partial charge on any atom is -0.473 e. The van der Waals surface area contributed by atoms with Crippen molar-refractivity contribution in [3.63, 3.8) is 0 Å². The van der Waals surface area contributed by atoms with Crippen LogP contribution < -0.4 is 10.1 Å². The summed E-state index contributed by atoms with van der Waals surface area (Å²) in [5.74, 6) is -0.791. The summed E-state index contributed by atoms with van der Waals surface area (Å²) < 4.78 is 47.2. The lowest BCUT2D eigenvalue weighted by atomic mass is 9.87. The maximum atomic E-state index is 12.9. The Hall–Kier alpha value is -2.93. The molecule has 36 heavy (non-hydrogen) atoms. The van der Waals surface area contributed by atoms with E-state index < -0.39 is 12.1 Å². The maximum absolute atomic E-state index is 12.9. The number of carbonyl (C=O) groups excluding carboxylic acids is 1. The fraction of sp³-hybridized carbons (Fsp3) is 0.435. The molecule has 0 aliphatic heterocycles. The van der Waals surface area contributed by atoms with E-state index in [1.165, 1.54) is 23.1 Å². The predicted octanol–water partition coefficient (Wildman–Crippen LogP) is 5.73. The SMILES string of the molecule is O=C(Nc1nc2ccc(Sc3nnc4ccc(OC5CCC(C(F)(F)F)CC5)nn34)cc2s1)C1CC1. The topological polar surface area (TPSA) is 94.3 Å². The highest BCUT2D eigenvalue weighted by atomic mass is 32.2. The van der Waals surface area contributed by atoms with Crippen LogP contribution in [0.4, 0.5) is 18.3 Å². The third-order valence-corrected chi connectivity index (χ3v) is 8.24. The first-order valence-corrected chi connectivity index (χ1v) is 13.3. The average Bonchev–Trinajstić information content (AvgIpc) is 3.52. The Kier molecular flexibility index (Phi) is 5.98. The van der Waals surface area contributed by atoms with Crippen LogP contribution in [-0.4, -0.2) is 43.0 Å². The lowest BCUT2D eigenvalue weighted by Gasteiger charge is -2.29. The van der Waals surface area contributed by atoms with Crippen molar-refractivity contribution in [3.05, 3.63) is 30.3 Å². The van der Waals surface area contributed by atoms with Crippen LogP contribution in [0.15, 0.2) is 40.4 Å². The monoisotopic (exact) mass is 534 g/mol. The van der Waals surface area contributed by atoms with Crippen molar-refractivity contribution in [1.29, 1.82) is 0 Å². The fourth-order valence-electron chi connectivity index (χ4n) is 4.24. The van der Waals surface area contributed by atoms with E-state index in [2.05, 4.69) is 25.6 Å². The van der Waals surface area contributed by atoms with Crippen molar-refractivity contribution >= 4 is 50.0 Å². The first-order chi connectivity index (χ1) is 17.3. The van der Waals surface area contributed by atoms with Crippen LogP contribution in [0.1, 0.15) is 38.5 Å². The number of amides is 1. The van der Waals surface area contributed by atoms with E-state index in [1.807, 2.05) is 18.2 Å². The van der Waals surface area contributed by atoms with Crippen LogP contribution in [0.3, 0.4) is 0 Å². The molecule has 2 aliphatic rings. The molecule has 0 bridgehead atoms. The van der Waals surface area contributed by atoms with Gasteiger partial charge >= 0.3 is 6.18 Å². The molecule has 3 aromatic heterocycles. The van der Waals surface area contributed by atoms with Gasteiger partial charge in [0.2, 0.25) is 16.9 Å². The quantitative estimate of drug-likeness (QED) is 0.337. The third kappa shape index (κ3) is 4.99. The van der Waals surface area contributed by atoms with E-state index in [4.69, 9.17) is 4.74 Å². The first-order valence-electron chi connectivity index (χ1n) is 11.7. The van der Waals surface area contributed by atoms with E-state index in [-0.39, 0.29) is 30.8 Å². The molecule has 13 heteroatoms. The third-order valence-electron chi connectivity index (χ3n) is 6.38. The predicted molar refractivity (Wildman–Crippen MR) is 128 cm³/mol. The second kappa shape index (κ2) is 9.18. The van der Waals surface area contributed by atoms with E-state index >= 15 is 0 Å². The number of aromatic nitrogens is 5. The number of nitrogens with zero attached hydrogens (tertiary/aromatic N) is 5. The van der Waals surface area contributed by atoms with Gasteiger partial charge in [0.25, 0.3) is 0 Å². The number of benzene rings is 1. The van der Waals surface area contributed by atoms with Crippen LogP contribution in [0, 0.1) is 11.8 Å². The number of rotatable bonds is 6. The highest BCUT2D eigenvalue weighted by molar-refractivity contribution is 7.99. The molecule has 188 valence electrons. The normalized spacial score (nSPS) is 20.6. The Morgan fingerprint density at radius 2 is 1.89 bits per heavy atom. The molecule has 0 atom stereocenters. The largest absolute Gasteiger partial charge is 0.473 e. The summed E-state index contributed by atoms with van der Waals surface area (Å²) in [6.07, 6.45) is -1.77. The minimum absolute atomic E-state index is 0.0241. The number of nitrogens with one attached hydrogen (secondary N) is 1. The van der Waals surface area contributed by atoms with Gasteiger partial charge in [-0.2, -0.15) is 17.7 Å². The zero-order chi connectivity index (χ0) is 24.9. The molecule has 6 rings (SSSR count). The van der Waals surface area contributed by atoms with Crippen molar-refractivity contribution in [2.45, 2.75) is 60.9 Å². The highest BCUT2D eigenvalue weighted by Crippen LogP contribution is 2.39. The van der Waals surface area contributed by atoms with E-state index in [0.717, 1.165) is 28.0 Å². The van der Waals surface area contributed by atoms with Gasteiger partial charge in [-0.1, -0.05) is 11.3 Å². The summed E-state index contributed by atoms with van der Waals surface area (Å²) in [4.78, 5) is 17.4. The molecule has 3 heterocycles. The van der Waals surface area contributed by atoms with Gasteiger partial charge in [-0.25, -0.2) is 4.98 Å². The van der Waals surface area contributed by atoms with E-state index in [0.29, 0.717) is 34.7 Å². The van der Waals surface area contributed by atoms with Gasteiger partial charge in [-0.15, -0.1) is 15.3 Å². The second-order valence-corrected chi connectivity index (χ2v) is 11.1. The Morgan fingerprint density at radius 1 is 1.08 bits per heavy atom. The van der Waals surface area contributed by atoms with Crippen LogP contribution in [0.5, 0.6) is 5.88 Å². The van der Waals surface area contributed by atoms with Crippen molar-refractivity contribution in [2.24, 2.45) is 11.8 Å².